The molecule has 0 bridgehead atoms. The summed E-state index contributed by atoms with van der Waals surface area (Å²) in [6, 6.07) is 10.2. The summed E-state index contributed by atoms with van der Waals surface area (Å²) in [5.41, 5.74) is 1.19. The van der Waals surface area contributed by atoms with Gasteiger partial charge in [-0.2, -0.15) is 0 Å². The highest BCUT2D eigenvalue weighted by Crippen LogP contribution is 2.07. The van der Waals surface area contributed by atoms with Crippen LogP contribution in [0.2, 0.25) is 0 Å². The average molecular weight is 228 g/mol. The van der Waals surface area contributed by atoms with Crippen LogP contribution in [0.3, 0.4) is 0 Å². The Kier molecular flexibility index (Phi) is 6.02. The van der Waals surface area contributed by atoms with Crippen LogP contribution in [0.1, 0.15) is 32.3 Å². The molecule has 0 aromatic heterocycles. The number of hydrogen-bond donors (Lipinski definition) is 0. The van der Waals surface area contributed by atoms with Gasteiger partial charge in [-0.3, -0.25) is 4.79 Å². The molecule has 0 aliphatic carbocycles. The number of allylic oxidation sites excluding steroid dienone is 3. The monoisotopic (exact) mass is 228 g/mol. The lowest BCUT2D eigenvalue weighted by atomic mass is 10.0. The highest BCUT2D eigenvalue weighted by atomic mass is 16.1. The molecule has 1 atom stereocenters. The van der Waals surface area contributed by atoms with Gasteiger partial charge in [0.1, 0.15) is 5.78 Å². The third-order valence-electron chi connectivity index (χ3n) is 2.72. The Morgan fingerprint density at radius 2 is 1.94 bits per heavy atom. The van der Waals surface area contributed by atoms with Gasteiger partial charge in [0.05, 0.1) is 0 Å². The van der Waals surface area contributed by atoms with Crippen LogP contribution in [0.15, 0.2) is 48.6 Å². The van der Waals surface area contributed by atoms with Crippen LogP contribution in [0.4, 0.5) is 0 Å². The Morgan fingerprint density at radius 3 is 2.59 bits per heavy atom. The number of rotatable bonds is 6. The SMILES string of the molecule is CCC(=O)[C@@H](C)CC=CC=Cc1ccccc1. The second-order valence-corrected chi connectivity index (χ2v) is 4.15. The molecule has 0 saturated carbocycles. The lowest BCUT2D eigenvalue weighted by molar-refractivity contribution is -0.121. The third-order valence-corrected chi connectivity index (χ3v) is 2.72. The number of ketones is 1. The van der Waals surface area contributed by atoms with Gasteiger partial charge in [0.2, 0.25) is 0 Å². The van der Waals surface area contributed by atoms with Crippen LogP contribution in [0, 0.1) is 5.92 Å². The topological polar surface area (TPSA) is 17.1 Å². The summed E-state index contributed by atoms with van der Waals surface area (Å²) in [5.74, 6) is 0.475. The Labute approximate surface area is 104 Å². The molecule has 0 N–H and O–H groups in total. The summed E-state index contributed by atoms with van der Waals surface area (Å²) in [6.45, 7) is 3.90. The summed E-state index contributed by atoms with van der Waals surface area (Å²) in [4.78, 5) is 11.3. The Morgan fingerprint density at radius 1 is 1.24 bits per heavy atom. The van der Waals surface area contributed by atoms with Gasteiger partial charge in [-0.05, 0) is 12.0 Å². The Hall–Kier alpha value is -1.63. The van der Waals surface area contributed by atoms with Crippen molar-refractivity contribution in [3.63, 3.8) is 0 Å². The van der Waals surface area contributed by atoms with Crippen LogP contribution in [0.5, 0.6) is 0 Å². The van der Waals surface area contributed by atoms with Crippen molar-refractivity contribution in [2.75, 3.05) is 0 Å². The summed E-state index contributed by atoms with van der Waals surface area (Å²) in [7, 11) is 0. The van der Waals surface area contributed by atoms with Gasteiger partial charge in [0.15, 0.2) is 0 Å². The van der Waals surface area contributed by atoms with E-state index < -0.39 is 0 Å². The van der Waals surface area contributed by atoms with Crippen LogP contribution in [-0.4, -0.2) is 5.78 Å². The second kappa shape index (κ2) is 7.61. The maximum atomic E-state index is 11.3. The van der Waals surface area contributed by atoms with Crippen molar-refractivity contribution in [3.05, 3.63) is 54.1 Å². The molecule has 0 unspecified atom stereocenters. The fourth-order valence-electron chi connectivity index (χ4n) is 1.57. The van der Waals surface area contributed by atoms with Crippen molar-refractivity contribution in [1.82, 2.24) is 0 Å². The van der Waals surface area contributed by atoms with Crippen molar-refractivity contribution in [1.29, 1.82) is 0 Å². The Balaban J connectivity index is 2.36. The fourth-order valence-corrected chi connectivity index (χ4v) is 1.57. The summed E-state index contributed by atoms with van der Waals surface area (Å²) >= 11 is 0. The zero-order valence-electron chi connectivity index (χ0n) is 10.6. The van der Waals surface area contributed by atoms with Gasteiger partial charge in [0.25, 0.3) is 0 Å². The average Bonchev–Trinajstić information content (AvgIpc) is 2.38. The van der Waals surface area contributed by atoms with Crippen molar-refractivity contribution >= 4 is 11.9 Å². The molecule has 1 rings (SSSR count). The molecular weight excluding hydrogens is 208 g/mol. The lowest BCUT2D eigenvalue weighted by Gasteiger charge is -2.03. The van der Waals surface area contributed by atoms with Crippen LogP contribution < -0.4 is 0 Å². The molecule has 0 radical (unpaired) electrons. The van der Waals surface area contributed by atoms with Gasteiger partial charge >= 0.3 is 0 Å². The summed E-state index contributed by atoms with van der Waals surface area (Å²) in [5, 5.41) is 0. The minimum atomic E-state index is 0.140. The summed E-state index contributed by atoms with van der Waals surface area (Å²) < 4.78 is 0. The second-order valence-electron chi connectivity index (χ2n) is 4.15. The number of Topliss-reactive ketones (excluding diaryl/α,β-unsaturated/α-hetero) is 1. The molecule has 0 spiro atoms. The van der Waals surface area contributed by atoms with Crippen molar-refractivity contribution in [2.45, 2.75) is 26.7 Å². The van der Waals surface area contributed by atoms with Crippen LogP contribution in [0.25, 0.3) is 6.08 Å². The van der Waals surface area contributed by atoms with E-state index in [1.165, 1.54) is 5.56 Å². The molecule has 17 heavy (non-hydrogen) atoms. The minimum absolute atomic E-state index is 0.140. The quantitative estimate of drug-likeness (QED) is 0.665. The zero-order chi connectivity index (χ0) is 12.5. The van der Waals surface area contributed by atoms with E-state index in [4.69, 9.17) is 0 Å². The number of carbonyl (C=O) groups excluding carboxylic acids is 1. The van der Waals surface area contributed by atoms with Gasteiger partial charge in [-0.25, -0.2) is 0 Å². The molecule has 1 heteroatoms. The molecular formula is C16H20O. The van der Waals surface area contributed by atoms with Gasteiger partial charge in [-0.1, -0.05) is 68.5 Å². The predicted molar refractivity (Wildman–Crippen MR) is 73.7 cm³/mol. The maximum Gasteiger partial charge on any atom is 0.135 e. The van der Waals surface area contributed by atoms with Gasteiger partial charge < -0.3 is 0 Å². The largest absolute Gasteiger partial charge is 0.299 e. The molecule has 0 amide bonds. The first-order chi connectivity index (χ1) is 8.24. The molecule has 0 saturated heterocycles. The van der Waals surface area contributed by atoms with E-state index in [1.54, 1.807) is 0 Å². The highest BCUT2D eigenvalue weighted by molar-refractivity contribution is 5.80. The van der Waals surface area contributed by atoms with Crippen LogP contribution in [-0.2, 0) is 4.79 Å². The Bertz CT molecular complexity index is 387. The van der Waals surface area contributed by atoms with Crippen molar-refractivity contribution in [2.24, 2.45) is 5.92 Å². The van der Waals surface area contributed by atoms with E-state index in [0.717, 1.165) is 6.42 Å². The first-order valence-electron chi connectivity index (χ1n) is 6.15. The molecule has 0 aliphatic rings. The van der Waals surface area contributed by atoms with Gasteiger partial charge in [0, 0.05) is 12.3 Å². The van der Waals surface area contributed by atoms with E-state index in [1.807, 2.05) is 44.2 Å². The first-order valence-corrected chi connectivity index (χ1v) is 6.15. The first kappa shape index (κ1) is 13.4. The molecule has 1 nitrogen and oxygen atoms in total. The molecule has 0 heterocycles. The molecule has 1 aromatic carbocycles. The molecule has 1 aromatic rings. The van der Waals surface area contributed by atoms with Crippen molar-refractivity contribution in [3.8, 4) is 0 Å². The zero-order valence-corrected chi connectivity index (χ0v) is 10.6. The molecule has 0 aliphatic heterocycles. The molecule has 90 valence electrons. The highest BCUT2D eigenvalue weighted by Gasteiger charge is 2.07. The normalized spacial score (nSPS) is 13.3. The van der Waals surface area contributed by atoms with E-state index in [9.17, 15) is 4.79 Å². The number of hydrogen-bond acceptors (Lipinski definition) is 1. The van der Waals surface area contributed by atoms with Crippen molar-refractivity contribution < 1.29 is 4.79 Å². The van der Waals surface area contributed by atoms with E-state index in [2.05, 4.69) is 24.3 Å². The van der Waals surface area contributed by atoms with E-state index in [0.29, 0.717) is 12.2 Å². The van der Waals surface area contributed by atoms with Gasteiger partial charge in [-0.15, -0.1) is 0 Å². The smallest absolute Gasteiger partial charge is 0.135 e. The predicted octanol–water partition coefficient (Wildman–Crippen LogP) is 4.26. The minimum Gasteiger partial charge on any atom is -0.299 e. The van der Waals surface area contributed by atoms with E-state index >= 15 is 0 Å². The number of carbonyl (C=O) groups is 1. The maximum absolute atomic E-state index is 11.3. The third kappa shape index (κ3) is 5.30. The summed E-state index contributed by atoms with van der Waals surface area (Å²) in [6.07, 6.45) is 9.59. The standard InChI is InChI=1S/C16H20O/c1-3-16(17)14(2)10-6-4-7-11-15-12-8-5-9-13-15/h4-9,11-14H,3,10H2,1-2H3/t14-/m0/s1. The lowest BCUT2D eigenvalue weighted by Crippen LogP contribution is -2.07. The van der Waals surface area contributed by atoms with Crippen LogP contribution >= 0.6 is 0 Å². The number of benzene rings is 1. The molecule has 0 fully saturated rings. The van der Waals surface area contributed by atoms with E-state index in [-0.39, 0.29) is 5.92 Å². The fraction of sp³-hybridized carbons (Fsp3) is 0.312.